The molecule has 2 heteroatoms. The highest BCUT2D eigenvalue weighted by Gasteiger charge is 2.65. The van der Waals surface area contributed by atoms with Gasteiger partial charge < -0.3 is 4.74 Å². The standard InChI is InChI=1S/C30H48O2/c1-23-10-24(2)12-25(3,11-23)18-29(16-23,17-24)7-8-32-22(31)9-30-19-26(4)13-27(5,20-30)15-28(6,14-26)21-30/h7-21H2,1-6H3. The van der Waals surface area contributed by atoms with Gasteiger partial charge >= 0.3 is 5.97 Å². The summed E-state index contributed by atoms with van der Waals surface area (Å²) in [7, 11) is 0. The number of carbonyl (C=O) groups excluding carboxylic acids is 1. The number of hydrogen-bond acceptors (Lipinski definition) is 2. The van der Waals surface area contributed by atoms with Crippen LogP contribution in [0.2, 0.25) is 0 Å². The molecular weight excluding hydrogens is 392 g/mol. The van der Waals surface area contributed by atoms with Crippen molar-refractivity contribution in [3.05, 3.63) is 0 Å². The Morgan fingerprint density at radius 2 is 0.844 bits per heavy atom. The Labute approximate surface area is 197 Å². The van der Waals surface area contributed by atoms with Crippen LogP contribution in [0.3, 0.4) is 0 Å². The Morgan fingerprint density at radius 1 is 0.531 bits per heavy atom. The summed E-state index contributed by atoms with van der Waals surface area (Å²) in [6, 6.07) is 0. The third-order valence-electron chi connectivity index (χ3n) is 11.3. The molecular formula is C30H48O2. The lowest BCUT2D eigenvalue weighted by Gasteiger charge is -2.69. The van der Waals surface area contributed by atoms with Crippen LogP contribution in [0.5, 0.6) is 0 Å². The summed E-state index contributed by atoms with van der Waals surface area (Å²) >= 11 is 0. The van der Waals surface area contributed by atoms with Crippen molar-refractivity contribution in [2.75, 3.05) is 6.61 Å². The summed E-state index contributed by atoms with van der Waals surface area (Å²) in [6.07, 6.45) is 17.9. The van der Waals surface area contributed by atoms with Crippen molar-refractivity contribution in [1.82, 2.24) is 0 Å². The molecule has 8 aliphatic carbocycles. The second-order valence-electron chi connectivity index (χ2n) is 17.1. The zero-order valence-electron chi connectivity index (χ0n) is 21.9. The third-order valence-corrected chi connectivity index (χ3v) is 11.3. The number of rotatable bonds is 5. The van der Waals surface area contributed by atoms with Crippen molar-refractivity contribution in [3.63, 3.8) is 0 Å². The van der Waals surface area contributed by atoms with Crippen LogP contribution in [-0.2, 0) is 9.53 Å². The molecule has 0 heterocycles. The minimum atomic E-state index is 0.108. The lowest BCUT2D eigenvalue weighted by Crippen LogP contribution is -2.59. The highest BCUT2D eigenvalue weighted by Crippen LogP contribution is 2.75. The molecule has 8 bridgehead atoms. The highest BCUT2D eigenvalue weighted by molar-refractivity contribution is 5.70. The molecule has 0 atom stereocenters. The Bertz CT molecular complexity index is 746. The molecule has 0 aromatic carbocycles. The van der Waals surface area contributed by atoms with E-state index in [1.165, 1.54) is 77.0 Å². The second kappa shape index (κ2) is 5.99. The summed E-state index contributed by atoms with van der Waals surface area (Å²) in [5.41, 5.74) is 3.50. The zero-order chi connectivity index (χ0) is 22.9. The predicted octanol–water partition coefficient (Wildman–Crippen LogP) is 8.08. The van der Waals surface area contributed by atoms with Crippen LogP contribution in [0.15, 0.2) is 0 Å². The topological polar surface area (TPSA) is 26.3 Å². The first kappa shape index (κ1) is 22.0. The van der Waals surface area contributed by atoms with Gasteiger partial charge in [0.25, 0.3) is 0 Å². The van der Waals surface area contributed by atoms with Crippen molar-refractivity contribution in [2.45, 2.75) is 131 Å². The fraction of sp³-hybridized carbons (Fsp3) is 0.967. The van der Waals surface area contributed by atoms with Crippen LogP contribution in [0, 0.1) is 43.3 Å². The normalized spacial score (nSPS) is 59.6. The molecule has 8 saturated carbocycles. The van der Waals surface area contributed by atoms with Crippen LogP contribution in [0.1, 0.15) is 131 Å². The Kier molecular flexibility index (Phi) is 4.11. The first-order valence-electron chi connectivity index (χ1n) is 13.7. The lowest BCUT2D eigenvalue weighted by atomic mass is 9.36. The number of ether oxygens (including phenoxy) is 1. The summed E-state index contributed by atoms with van der Waals surface area (Å²) in [5.74, 6) is 0.108. The van der Waals surface area contributed by atoms with Gasteiger partial charge in [-0.2, -0.15) is 0 Å². The third kappa shape index (κ3) is 3.43. The number of carbonyl (C=O) groups is 1. The van der Waals surface area contributed by atoms with Crippen molar-refractivity contribution >= 4 is 5.97 Å². The molecule has 0 amide bonds. The van der Waals surface area contributed by atoms with E-state index in [9.17, 15) is 4.79 Å². The van der Waals surface area contributed by atoms with Crippen molar-refractivity contribution in [1.29, 1.82) is 0 Å². The lowest BCUT2D eigenvalue weighted by molar-refractivity contribution is -0.196. The van der Waals surface area contributed by atoms with Gasteiger partial charge in [0.1, 0.15) is 0 Å². The van der Waals surface area contributed by atoms with Gasteiger partial charge in [0.05, 0.1) is 13.0 Å². The molecule has 8 aliphatic rings. The van der Waals surface area contributed by atoms with Crippen molar-refractivity contribution < 1.29 is 9.53 Å². The molecule has 2 nitrogen and oxygen atoms in total. The quantitative estimate of drug-likeness (QED) is 0.404. The van der Waals surface area contributed by atoms with Crippen LogP contribution in [0.4, 0.5) is 0 Å². The summed E-state index contributed by atoms with van der Waals surface area (Å²) in [4.78, 5) is 13.2. The van der Waals surface area contributed by atoms with E-state index in [1.54, 1.807) is 0 Å². The smallest absolute Gasteiger partial charge is 0.306 e. The molecule has 8 fully saturated rings. The molecule has 0 aliphatic heterocycles. The molecule has 180 valence electrons. The van der Waals surface area contributed by atoms with Gasteiger partial charge in [-0.1, -0.05) is 41.5 Å². The fourth-order valence-electron chi connectivity index (χ4n) is 14.3. The maximum Gasteiger partial charge on any atom is 0.306 e. The molecule has 0 saturated heterocycles. The SMILES string of the molecule is CC12CC3(C)CC(C)(C1)CC(CCOC(=O)CC14CC5(C)CC(C)(CC(C)(C5)C1)C4)(C2)C3. The van der Waals surface area contributed by atoms with E-state index in [2.05, 4.69) is 41.5 Å². The van der Waals surface area contributed by atoms with Gasteiger partial charge in [0, 0.05) is 0 Å². The minimum Gasteiger partial charge on any atom is -0.466 e. The molecule has 8 rings (SSSR count). The van der Waals surface area contributed by atoms with Crippen LogP contribution in [0.25, 0.3) is 0 Å². The monoisotopic (exact) mass is 440 g/mol. The molecule has 32 heavy (non-hydrogen) atoms. The molecule has 0 N–H and O–H groups in total. The molecule has 0 radical (unpaired) electrons. The Hall–Kier alpha value is -0.530. The first-order chi connectivity index (χ1) is 14.6. The summed E-state index contributed by atoms with van der Waals surface area (Å²) in [5, 5.41) is 0. The van der Waals surface area contributed by atoms with E-state index >= 15 is 0 Å². The fourth-order valence-corrected chi connectivity index (χ4v) is 14.3. The number of hydrogen-bond donors (Lipinski definition) is 0. The summed E-state index contributed by atoms with van der Waals surface area (Å²) < 4.78 is 6.08. The van der Waals surface area contributed by atoms with Crippen LogP contribution in [-0.4, -0.2) is 12.6 Å². The second-order valence-corrected chi connectivity index (χ2v) is 17.1. The average Bonchev–Trinajstić information content (AvgIpc) is 2.43. The van der Waals surface area contributed by atoms with E-state index in [-0.39, 0.29) is 11.4 Å². The predicted molar refractivity (Wildman–Crippen MR) is 129 cm³/mol. The van der Waals surface area contributed by atoms with Crippen molar-refractivity contribution in [2.24, 2.45) is 43.3 Å². The van der Waals surface area contributed by atoms with Gasteiger partial charge in [0.15, 0.2) is 0 Å². The zero-order valence-corrected chi connectivity index (χ0v) is 21.9. The maximum absolute atomic E-state index is 13.2. The largest absolute Gasteiger partial charge is 0.466 e. The van der Waals surface area contributed by atoms with Crippen LogP contribution < -0.4 is 0 Å². The van der Waals surface area contributed by atoms with Gasteiger partial charge in [-0.3, -0.25) is 4.79 Å². The minimum absolute atomic E-state index is 0.108. The van der Waals surface area contributed by atoms with Crippen LogP contribution >= 0.6 is 0 Å². The van der Waals surface area contributed by atoms with Gasteiger partial charge in [-0.05, 0) is 127 Å². The first-order valence-corrected chi connectivity index (χ1v) is 13.7. The highest BCUT2D eigenvalue weighted by atomic mass is 16.5. The van der Waals surface area contributed by atoms with E-state index in [0.717, 1.165) is 6.42 Å². The van der Waals surface area contributed by atoms with Gasteiger partial charge in [0.2, 0.25) is 0 Å². The van der Waals surface area contributed by atoms with E-state index in [4.69, 9.17) is 4.74 Å². The van der Waals surface area contributed by atoms with Gasteiger partial charge in [-0.15, -0.1) is 0 Å². The van der Waals surface area contributed by atoms with E-state index < -0.39 is 0 Å². The Morgan fingerprint density at radius 3 is 1.19 bits per heavy atom. The maximum atomic E-state index is 13.2. The molecule has 0 spiro atoms. The van der Waals surface area contributed by atoms with E-state index in [0.29, 0.717) is 50.9 Å². The molecule has 0 aromatic heterocycles. The average molecular weight is 441 g/mol. The molecule has 0 aromatic rings. The summed E-state index contributed by atoms with van der Waals surface area (Å²) in [6.45, 7) is 15.8. The van der Waals surface area contributed by atoms with Gasteiger partial charge in [-0.25, -0.2) is 0 Å². The van der Waals surface area contributed by atoms with Crippen molar-refractivity contribution in [3.8, 4) is 0 Å². The number of esters is 1. The van der Waals surface area contributed by atoms with E-state index in [1.807, 2.05) is 0 Å². The molecule has 0 unspecified atom stereocenters. The Balaban J connectivity index is 1.11.